The Hall–Kier alpha value is -5.50. The number of aromatic carboxylic acids is 1. The highest BCUT2D eigenvalue weighted by molar-refractivity contribution is 6.09. The highest BCUT2D eigenvalue weighted by Gasteiger charge is 2.17. The third kappa shape index (κ3) is 6.49. The van der Waals surface area contributed by atoms with Crippen LogP contribution in [0.4, 0.5) is 11.4 Å². The number of methoxy groups -OCH3 is 1. The Morgan fingerprint density at radius 1 is 0.750 bits per heavy atom. The fourth-order valence-corrected chi connectivity index (χ4v) is 3.91. The third-order valence-corrected chi connectivity index (χ3v) is 6.17. The predicted molar refractivity (Wildman–Crippen MR) is 154 cm³/mol. The topological polar surface area (TPSA) is 113 Å². The number of carbonyl (C=O) groups is 4. The van der Waals surface area contributed by atoms with Gasteiger partial charge < -0.3 is 20.1 Å². The molecule has 200 valence electrons. The van der Waals surface area contributed by atoms with E-state index in [9.17, 15) is 19.2 Å². The highest BCUT2D eigenvalue weighted by atomic mass is 16.5. The fourth-order valence-electron chi connectivity index (χ4n) is 3.91. The number of carboxylic acids is 1. The summed E-state index contributed by atoms with van der Waals surface area (Å²) in [5, 5.41) is 11.8. The van der Waals surface area contributed by atoms with Gasteiger partial charge in [-0.05, 0) is 71.8 Å². The summed E-state index contributed by atoms with van der Waals surface area (Å²) in [4.78, 5) is 50.7. The van der Waals surface area contributed by atoms with Gasteiger partial charge in [0, 0.05) is 23.9 Å². The molecule has 8 nitrogen and oxygen atoms in total. The molecule has 0 heterocycles. The molecule has 0 aliphatic rings. The van der Waals surface area contributed by atoms with Crippen LogP contribution >= 0.6 is 0 Å². The molecule has 4 aromatic rings. The summed E-state index contributed by atoms with van der Waals surface area (Å²) in [6, 6.07) is 26.8. The van der Waals surface area contributed by atoms with Crippen molar-refractivity contribution in [1.29, 1.82) is 0 Å². The van der Waals surface area contributed by atoms with E-state index in [2.05, 4.69) is 5.32 Å². The molecular formula is C32H26N2O6. The molecule has 40 heavy (non-hydrogen) atoms. The molecule has 0 bridgehead atoms. The number of rotatable bonds is 8. The van der Waals surface area contributed by atoms with Gasteiger partial charge in [-0.25, -0.2) is 9.59 Å². The molecule has 0 saturated heterocycles. The first-order valence-corrected chi connectivity index (χ1v) is 12.2. The minimum atomic E-state index is -1.07. The number of nitrogens with one attached hydrogen (secondary N) is 1. The van der Waals surface area contributed by atoms with Gasteiger partial charge in [-0.3, -0.25) is 9.59 Å². The molecule has 0 atom stereocenters. The van der Waals surface area contributed by atoms with Crippen LogP contribution in [0.5, 0.6) is 0 Å². The van der Waals surface area contributed by atoms with Gasteiger partial charge in [-0.15, -0.1) is 0 Å². The second-order valence-corrected chi connectivity index (χ2v) is 8.79. The van der Waals surface area contributed by atoms with Crippen molar-refractivity contribution in [1.82, 2.24) is 0 Å². The maximum Gasteiger partial charge on any atom is 0.339 e. The number of nitrogens with zero attached hydrogens (tertiary/aromatic N) is 1. The van der Waals surface area contributed by atoms with Gasteiger partial charge in [0.1, 0.15) is 0 Å². The summed E-state index contributed by atoms with van der Waals surface area (Å²) in [7, 11) is 2.86. The standard InChI is InChI=1S/C32H26N2O6/c1-34(30(36)24-11-13-25(14-12-24)31(37)38)26-17-15-23(16-18-26)29(35)33-28-19-10-22(20-27(28)32(39)40-2)9-8-21-6-4-3-5-7-21/h3-20H,1-2H3,(H,33,35)(H,37,38)/b9-8+. The molecule has 0 aliphatic carbocycles. The largest absolute Gasteiger partial charge is 0.478 e. The van der Waals surface area contributed by atoms with Crippen LogP contribution in [0.1, 0.15) is 52.6 Å². The predicted octanol–water partition coefficient (Wildman–Crippen LogP) is 5.87. The van der Waals surface area contributed by atoms with Crippen molar-refractivity contribution in [3.8, 4) is 0 Å². The van der Waals surface area contributed by atoms with E-state index in [0.717, 1.165) is 11.1 Å². The van der Waals surface area contributed by atoms with Gasteiger partial charge in [0.05, 0.1) is 23.9 Å². The van der Waals surface area contributed by atoms with Crippen molar-refractivity contribution < 1.29 is 29.0 Å². The van der Waals surface area contributed by atoms with Gasteiger partial charge in [0.15, 0.2) is 0 Å². The number of hydrogen-bond donors (Lipinski definition) is 2. The van der Waals surface area contributed by atoms with Crippen LogP contribution in [-0.2, 0) is 4.74 Å². The van der Waals surface area contributed by atoms with Gasteiger partial charge in [0.2, 0.25) is 0 Å². The van der Waals surface area contributed by atoms with Crippen LogP contribution < -0.4 is 10.2 Å². The second kappa shape index (κ2) is 12.4. The molecule has 0 aliphatic heterocycles. The van der Waals surface area contributed by atoms with Crippen molar-refractivity contribution in [2.45, 2.75) is 0 Å². The number of benzene rings is 4. The molecule has 0 unspecified atom stereocenters. The van der Waals surface area contributed by atoms with Gasteiger partial charge in [0.25, 0.3) is 11.8 Å². The summed E-state index contributed by atoms with van der Waals surface area (Å²) in [5.41, 5.74) is 3.54. The van der Waals surface area contributed by atoms with Crippen LogP contribution in [0.2, 0.25) is 0 Å². The third-order valence-electron chi connectivity index (χ3n) is 6.17. The zero-order valence-electron chi connectivity index (χ0n) is 21.8. The van der Waals surface area contributed by atoms with E-state index in [-0.39, 0.29) is 17.0 Å². The Kier molecular flexibility index (Phi) is 8.51. The molecular weight excluding hydrogens is 508 g/mol. The molecule has 0 spiro atoms. The number of ether oxygens (including phenoxy) is 1. The van der Waals surface area contributed by atoms with Crippen molar-refractivity contribution in [3.05, 3.63) is 130 Å². The van der Waals surface area contributed by atoms with E-state index in [1.807, 2.05) is 42.5 Å². The number of amides is 2. The van der Waals surface area contributed by atoms with Gasteiger partial charge >= 0.3 is 11.9 Å². The molecule has 8 heteroatoms. The van der Waals surface area contributed by atoms with E-state index in [1.165, 1.54) is 36.3 Å². The summed E-state index contributed by atoms with van der Waals surface area (Å²) in [5.74, 6) is -2.44. The zero-order chi connectivity index (χ0) is 28.6. The lowest BCUT2D eigenvalue weighted by molar-refractivity contribution is 0.0600. The van der Waals surface area contributed by atoms with Crippen molar-refractivity contribution in [2.75, 3.05) is 24.4 Å². The van der Waals surface area contributed by atoms with Crippen LogP contribution in [0.15, 0.2) is 97.1 Å². The first kappa shape index (κ1) is 27.5. The van der Waals surface area contributed by atoms with E-state index in [1.54, 1.807) is 49.5 Å². The van der Waals surface area contributed by atoms with Crippen molar-refractivity contribution in [3.63, 3.8) is 0 Å². The highest BCUT2D eigenvalue weighted by Crippen LogP contribution is 2.23. The molecule has 0 radical (unpaired) electrons. The molecule has 4 rings (SSSR count). The minimum Gasteiger partial charge on any atom is -0.478 e. The van der Waals surface area contributed by atoms with Crippen LogP contribution in [0, 0.1) is 0 Å². The van der Waals surface area contributed by atoms with Crippen molar-refractivity contribution in [2.24, 2.45) is 0 Å². The Labute approximate surface area is 231 Å². The van der Waals surface area contributed by atoms with E-state index < -0.39 is 17.8 Å². The quantitative estimate of drug-likeness (QED) is 0.216. The fraction of sp³-hybridized carbons (Fsp3) is 0.0625. The normalized spacial score (nSPS) is 10.7. The van der Waals surface area contributed by atoms with E-state index in [4.69, 9.17) is 9.84 Å². The Balaban J connectivity index is 1.48. The number of carboxylic acid groups (broad SMARTS) is 1. The maximum absolute atomic E-state index is 13.0. The summed E-state index contributed by atoms with van der Waals surface area (Å²) in [6.07, 6.45) is 3.79. The number of anilines is 2. The Morgan fingerprint density at radius 2 is 1.35 bits per heavy atom. The number of esters is 1. The molecule has 4 aromatic carbocycles. The Morgan fingerprint density at radius 3 is 1.98 bits per heavy atom. The molecule has 0 fully saturated rings. The molecule has 0 saturated carbocycles. The van der Waals surface area contributed by atoms with E-state index in [0.29, 0.717) is 22.5 Å². The van der Waals surface area contributed by atoms with Crippen LogP contribution in [0.3, 0.4) is 0 Å². The SMILES string of the molecule is COC(=O)c1cc(/C=C/c2ccccc2)ccc1NC(=O)c1ccc(N(C)C(=O)c2ccc(C(=O)O)cc2)cc1. The van der Waals surface area contributed by atoms with E-state index >= 15 is 0 Å². The Bertz CT molecular complexity index is 1580. The van der Waals surface area contributed by atoms with Crippen LogP contribution in [0.25, 0.3) is 12.2 Å². The first-order valence-electron chi connectivity index (χ1n) is 12.2. The number of hydrogen-bond acceptors (Lipinski definition) is 5. The smallest absolute Gasteiger partial charge is 0.339 e. The molecule has 2 N–H and O–H groups in total. The lowest BCUT2D eigenvalue weighted by atomic mass is 10.1. The minimum absolute atomic E-state index is 0.0863. The number of carbonyl (C=O) groups excluding carboxylic acids is 3. The molecule has 2 amide bonds. The first-order chi connectivity index (χ1) is 19.3. The average molecular weight is 535 g/mol. The molecule has 0 aromatic heterocycles. The second-order valence-electron chi connectivity index (χ2n) is 8.79. The summed E-state index contributed by atoms with van der Waals surface area (Å²) >= 11 is 0. The van der Waals surface area contributed by atoms with Crippen molar-refractivity contribution >= 4 is 47.3 Å². The maximum atomic E-state index is 13.0. The lowest BCUT2D eigenvalue weighted by Gasteiger charge is -2.18. The average Bonchev–Trinajstić information content (AvgIpc) is 3.00. The van der Waals surface area contributed by atoms with Gasteiger partial charge in [-0.2, -0.15) is 0 Å². The van der Waals surface area contributed by atoms with Crippen LogP contribution in [-0.4, -0.2) is 43.0 Å². The summed E-state index contributed by atoms with van der Waals surface area (Å²) < 4.78 is 4.92. The van der Waals surface area contributed by atoms with Gasteiger partial charge in [-0.1, -0.05) is 48.6 Å². The monoisotopic (exact) mass is 534 g/mol. The zero-order valence-corrected chi connectivity index (χ0v) is 21.8. The lowest BCUT2D eigenvalue weighted by Crippen LogP contribution is -2.26. The summed E-state index contributed by atoms with van der Waals surface area (Å²) in [6.45, 7) is 0.